The molecule has 5 heteroatoms. The lowest BCUT2D eigenvalue weighted by Gasteiger charge is -2.07. The number of halogens is 2. The number of nitrogens with one attached hydrogen (secondary N) is 1. The second-order valence-corrected chi connectivity index (χ2v) is 4.62. The molecule has 0 amide bonds. The van der Waals surface area contributed by atoms with Gasteiger partial charge in [-0.15, -0.1) is 0 Å². The minimum atomic E-state index is -0.229. The molecule has 0 aliphatic carbocycles. The van der Waals surface area contributed by atoms with Crippen LogP contribution in [0.4, 0.5) is 10.1 Å². The van der Waals surface area contributed by atoms with E-state index >= 15 is 0 Å². The fourth-order valence-electron chi connectivity index (χ4n) is 1.63. The monoisotopic (exact) mass is 297 g/mol. The van der Waals surface area contributed by atoms with Gasteiger partial charge in [-0.2, -0.15) is 5.10 Å². The van der Waals surface area contributed by atoms with Crippen LogP contribution in [0.15, 0.2) is 28.7 Å². The van der Waals surface area contributed by atoms with Gasteiger partial charge < -0.3 is 5.32 Å². The van der Waals surface area contributed by atoms with Crippen LogP contribution in [0.3, 0.4) is 0 Å². The number of hydrogen-bond acceptors (Lipinski definition) is 2. The van der Waals surface area contributed by atoms with Crippen molar-refractivity contribution in [2.75, 3.05) is 5.32 Å². The van der Waals surface area contributed by atoms with Crippen molar-refractivity contribution >= 4 is 21.6 Å². The van der Waals surface area contributed by atoms with Crippen molar-refractivity contribution in [3.63, 3.8) is 0 Å². The maximum atomic E-state index is 12.7. The van der Waals surface area contributed by atoms with Gasteiger partial charge in [0.05, 0.1) is 22.4 Å². The molecule has 0 fully saturated rings. The third-order valence-electron chi connectivity index (χ3n) is 2.57. The molecule has 90 valence electrons. The van der Waals surface area contributed by atoms with Crippen LogP contribution in [0.1, 0.15) is 11.4 Å². The van der Waals surface area contributed by atoms with Gasteiger partial charge in [-0.1, -0.05) is 0 Å². The summed E-state index contributed by atoms with van der Waals surface area (Å²) >= 11 is 3.50. The summed E-state index contributed by atoms with van der Waals surface area (Å²) in [5.74, 6) is -0.229. The standard InChI is InChI=1S/C12H13BrFN3/c1-8-12(13)11(17(2)16-8)7-15-10-5-3-9(14)4-6-10/h3-6,15H,7H2,1-2H3. The predicted octanol–water partition coefficient (Wildman–Crippen LogP) is 3.24. The van der Waals surface area contributed by atoms with E-state index in [1.54, 1.807) is 12.1 Å². The Bertz CT molecular complexity index is 519. The molecular formula is C12H13BrFN3. The summed E-state index contributed by atoms with van der Waals surface area (Å²) in [6.07, 6.45) is 0. The normalized spacial score (nSPS) is 10.6. The van der Waals surface area contributed by atoms with Gasteiger partial charge in [0.15, 0.2) is 0 Å². The van der Waals surface area contributed by atoms with Gasteiger partial charge in [-0.25, -0.2) is 4.39 Å². The highest BCUT2D eigenvalue weighted by atomic mass is 79.9. The van der Waals surface area contributed by atoms with Crippen molar-refractivity contribution < 1.29 is 4.39 Å². The molecule has 2 aromatic rings. The van der Waals surface area contributed by atoms with Gasteiger partial charge in [0.25, 0.3) is 0 Å². The van der Waals surface area contributed by atoms with E-state index < -0.39 is 0 Å². The molecule has 3 nitrogen and oxygen atoms in total. The number of benzene rings is 1. The number of hydrogen-bond donors (Lipinski definition) is 1. The fourth-order valence-corrected chi connectivity index (χ4v) is 2.10. The molecule has 1 aromatic heterocycles. The summed E-state index contributed by atoms with van der Waals surface area (Å²) in [7, 11) is 1.90. The van der Waals surface area contributed by atoms with Gasteiger partial charge in [-0.05, 0) is 47.1 Å². The Morgan fingerprint density at radius 3 is 2.53 bits per heavy atom. The van der Waals surface area contributed by atoms with E-state index in [0.29, 0.717) is 6.54 Å². The Morgan fingerprint density at radius 2 is 2.00 bits per heavy atom. The van der Waals surface area contributed by atoms with E-state index in [0.717, 1.165) is 21.5 Å². The van der Waals surface area contributed by atoms with Crippen molar-refractivity contribution in [3.05, 3.63) is 45.9 Å². The van der Waals surface area contributed by atoms with Crippen LogP contribution >= 0.6 is 15.9 Å². The Labute approximate surface area is 108 Å². The molecular weight excluding hydrogens is 285 g/mol. The highest BCUT2D eigenvalue weighted by Crippen LogP contribution is 2.21. The van der Waals surface area contributed by atoms with E-state index in [1.807, 2.05) is 18.7 Å². The molecule has 0 atom stereocenters. The van der Waals surface area contributed by atoms with Crippen molar-refractivity contribution in [1.82, 2.24) is 9.78 Å². The highest BCUT2D eigenvalue weighted by Gasteiger charge is 2.09. The predicted molar refractivity (Wildman–Crippen MR) is 69.4 cm³/mol. The summed E-state index contributed by atoms with van der Waals surface area (Å²) in [6.45, 7) is 2.59. The minimum absolute atomic E-state index is 0.229. The topological polar surface area (TPSA) is 29.9 Å². The molecule has 0 radical (unpaired) electrons. The van der Waals surface area contributed by atoms with Crippen LogP contribution in [0, 0.1) is 12.7 Å². The molecule has 1 N–H and O–H groups in total. The number of aryl methyl sites for hydroxylation is 2. The molecule has 0 saturated carbocycles. The number of rotatable bonds is 3. The van der Waals surface area contributed by atoms with E-state index in [4.69, 9.17) is 0 Å². The fraction of sp³-hybridized carbons (Fsp3) is 0.250. The Balaban J connectivity index is 2.09. The van der Waals surface area contributed by atoms with Gasteiger partial charge in [-0.3, -0.25) is 4.68 Å². The zero-order chi connectivity index (χ0) is 12.4. The van der Waals surface area contributed by atoms with Crippen LogP contribution in [0.25, 0.3) is 0 Å². The molecule has 0 unspecified atom stereocenters. The molecule has 0 aliphatic rings. The largest absolute Gasteiger partial charge is 0.379 e. The van der Waals surface area contributed by atoms with Crippen LogP contribution in [-0.4, -0.2) is 9.78 Å². The maximum absolute atomic E-state index is 12.7. The van der Waals surface area contributed by atoms with Crippen molar-refractivity contribution in [2.45, 2.75) is 13.5 Å². The van der Waals surface area contributed by atoms with E-state index in [9.17, 15) is 4.39 Å². The summed E-state index contributed by atoms with van der Waals surface area (Å²) in [5.41, 5.74) is 2.91. The van der Waals surface area contributed by atoms with E-state index in [-0.39, 0.29) is 5.82 Å². The number of aromatic nitrogens is 2. The molecule has 0 bridgehead atoms. The van der Waals surface area contributed by atoms with Crippen LogP contribution < -0.4 is 5.32 Å². The van der Waals surface area contributed by atoms with E-state index in [2.05, 4.69) is 26.3 Å². The quantitative estimate of drug-likeness (QED) is 0.942. The minimum Gasteiger partial charge on any atom is -0.379 e. The Kier molecular flexibility index (Phi) is 3.47. The van der Waals surface area contributed by atoms with Crippen LogP contribution in [0.5, 0.6) is 0 Å². The third kappa shape index (κ3) is 2.66. The lowest BCUT2D eigenvalue weighted by Crippen LogP contribution is -2.05. The zero-order valence-electron chi connectivity index (χ0n) is 9.67. The molecule has 1 heterocycles. The maximum Gasteiger partial charge on any atom is 0.123 e. The molecule has 0 saturated heterocycles. The molecule has 0 aliphatic heterocycles. The zero-order valence-corrected chi connectivity index (χ0v) is 11.3. The third-order valence-corrected chi connectivity index (χ3v) is 3.60. The number of anilines is 1. The van der Waals surface area contributed by atoms with Crippen molar-refractivity contribution in [2.24, 2.45) is 7.05 Å². The average molecular weight is 298 g/mol. The summed E-state index contributed by atoms with van der Waals surface area (Å²) in [5, 5.41) is 7.53. The highest BCUT2D eigenvalue weighted by molar-refractivity contribution is 9.10. The summed E-state index contributed by atoms with van der Waals surface area (Å²) in [6, 6.07) is 6.30. The van der Waals surface area contributed by atoms with Crippen molar-refractivity contribution in [1.29, 1.82) is 0 Å². The molecule has 0 spiro atoms. The Morgan fingerprint density at radius 1 is 1.35 bits per heavy atom. The first-order chi connectivity index (χ1) is 8.08. The first-order valence-corrected chi connectivity index (χ1v) is 6.04. The molecule has 17 heavy (non-hydrogen) atoms. The first-order valence-electron chi connectivity index (χ1n) is 5.25. The molecule has 2 rings (SSSR count). The van der Waals surface area contributed by atoms with E-state index in [1.165, 1.54) is 12.1 Å². The lowest BCUT2D eigenvalue weighted by molar-refractivity contribution is 0.628. The van der Waals surface area contributed by atoms with Gasteiger partial charge in [0.2, 0.25) is 0 Å². The second kappa shape index (κ2) is 4.87. The summed E-state index contributed by atoms with van der Waals surface area (Å²) < 4.78 is 15.6. The summed E-state index contributed by atoms with van der Waals surface area (Å²) in [4.78, 5) is 0. The first kappa shape index (κ1) is 12.1. The van der Waals surface area contributed by atoms with Crippen LogP contribution in [-0.2, 0) is 13.6 Å². The average Bonchev–Trinajstić information content (AvgIpc) is 2.54. The van der Waals surface area contributed by atoms with Crippen LogP contribution in [0.2, 0.25) is 0 Å². The van der Waals surface area contributed by atoms with Gasteiger partial charge in [0.1, 0.15) is 5.82 Å². The Hall–Kier alpha value is -1.36. The lowest BCUT2D eigenvalue weighted by atomic mass is 10.3. The second-order valence-electron chi connectivity index (χ2n) is 3.83. The van der Waals surface area contributed by atoms with Gasteiger partial charge >= 0.3 is 0 Å². The van der Waals surface area contributed by atoms with Crippen molar-refractivity contribution in [3.8, 4) is 0 Å². The molecule has 1 aromatic carbocycles. The smallest absolute Gasteiger partial charge is 0.123 e. The number of nitrogens with zero attached hydrogens (tertiary/aromatic N) is 2. The SMILES string of the molecule is Cc1nn(C)c(CNc2ccc(F)cc2)c1Br. The van der Waals surface area contributed by atoms with Gasteiger partial charge in [0, 0.05) is 12.7 Å².